The van der Waals surface area contributed by atoms with Gasteiger partial charge in [0.25, 0.3) is 11.5 Å². The van der Waals surface area contributed by atoms with Crippen molar-refractivity contribution in [3.05, 3.63) is 82.0 Å². The lowest BCUT2D eigenvalue weighted by Crippen LogP contribution is -2.35. The van der Waals surface area contributed by atoms with Gasteiger partial charge in [0.1, 0.15) is 11.7 Å². The zero-order valence-electron chi connectivity index (χ0n) is 20.0. The van der Waals surface area contributed by atoms with Crippen LogP contribution in [0.2, 0.25) is 0 Å². The molecule has 0 radical (unpaired) electrons. The van der Waals surface area contributed by atoms with Gasteiger partial charge < -0.3 is 0 Å². The molecule has 0 bridgehead atoms. The molecule has 36 heavy (non-hydrogen) atoms. The van der Waals surface area contributed by atoms with Crippen LogP contribution in [0.3, 0.4) is 0 Å². The topological polar surface area (TPSA) is 119 Å². The number of aromatic nitrogens is 4. The summed E-state index contributed by atoms with van der Waals surface area (Å²) in [6, 6.07) is 11.5. The molecule has 2 aromatic carbocycles. The fourth-order valence-corrected chi connectivity index (χ4v) is 5.76. The highest BCUT2D eigenvalue weighted by molar-refractivity contribution is 7.89. The van der Waals surface area contributed by atoms with Gasteiger partial charge in [0.05, 0.1) is 16.8 Å². The first-order chi connectivity index (χ1) is 17.3. The van der Waals surface area contributed by atoms with E-state index in [2.05, 4.69) is 15.5 Å². The second-order valence-electron chi connectivity index (χ2n) is 8.91. The Balaban J connectivity index is 1.37. The lowest BCUT2D eigenvalue weighted by atomic mass is 10.1. The maximum absolute atomic E-state index is 13.0. The summed E-state index contributed by atoms with van der Waals surface area (Å²) in [6.45, 7) is 5.02. The van der Waals surface area contributed by atoms with Crippen LogP contribution in [0.5, 0.6) is 0 Å². The number of sulfonamides is 1. The predicted octanol–water partition coefficient (Wildman–Crippen LogP) is 2.76. The molecule has 1 saturated heterocycles. The minimum atomic E-state index is -3.59. The van der Waals surface area contributed by atoms with Crippen molar-refractivity contribution in [1.82, 2.24) is 23.7 Å². The molecule has 1 N–H and O–H groups in total. The van der Waals surface area contributed by atoms with Gasteiger partial charge in [-0.05, 0) is 74.2 Å². The Labute approximate surface area is 208 Å². The predicted molar refractivity (Wildman–Crippen MR) is 135 cm³/mol. The monoisotopic (exact) mass is 506 g/mol. The molecule has 1 aliphatic heterocycles. The molecule has 0 atom stereocenters. The molecule has 0 aliphatic carbocycles. The fourth-order valence-electron chi connectivity index (χ4n) is 4.24. The van der Waals surface area contributed by atoms with Crippen LogP contribution in [0, 0.1) is 13.8 Å². The highest BCUT2D eigenvalue weighted by atomic mass is 32.2. The maximum Gasteiger partial charge on any atom is 0.283 e. The number of amides is 1. The Morgan fingerprint density at radius 2 is 1.69 bits per heavy atom. The number of fused-ring (bicyclic) bond motifs is 1. The van der Waals surface area contributed by atoms with E-state index < -0.39 is 21.5 Å². The van der Waals surface area contributed by atoms with E-state index in [1.165, 1.54) is 41.1 Å². The number of piperidine rings is 1. The van der Waals surface area contributed by atoms with Crippen molar-refractivity contribution in [2.75, 3.05) is 18.5 Å². The first kappa shape index (κ1) is 23.9. The van der Waals surface area contributed by atoms with E-state index in [1.54, 1.807) is 4.68 Å². The smallest absolute Gasteiger partial charge is 0.267 e. The molecule has 1 fully saturated rings. The van der Waals surface area contributed by atoms with Crippen molar-refractivity contribution in [3.8, 4) is 5.69 Å². The largest absolute Gasteiger partial charge is 0.283 e. The molecule has 4 aromatic rings. The lowest BCUT2D eigenvalue weighted by Gasteiger charge is -2.25. The van der Waals surface area contributed by atoms with Crippen LogP contribution in [-0.4, -0.2) is 51.2 Å². The molecule has 3 heterocycles. The van der Waals surface area contributed by atoms with E-state index in [0.717, 1.165) is 40.8 Å². The Morgan fingerprint density at radius 3 is 2.39 bits per heavy atom. The lowest BCUT2D eigenvalue weighted by molar-refractivity contribution is 0.101. The second-order valence-corrected chi connectivity index (χ2v) is 10.8. The average Bonchev–Trinajstić information content (AvgIpc) is 3.33. The number of aryl methyl sites for hydroxylation is 2. The van der Waals surface area contributed by atoms with E-state index in [9.17, 15) is 18.0 Å². The Morgan fingerprint density at radius 1 is 0.972 bits per heavy atom. The van der Waals surface area contributed by atoms with E-state index in [-0.39, 0.29) is 15.8 Å². The molecular formula is C25H26N6O4S. The van der Waals surface area contributed by atoms with E-state index >= 15 is 0 Å². The quantitative estimate of drug-likeness (QED) is 0.445. The number of benzene rings is 2. The molecule has 5 rings (SSSR count). The number of hydrogen-bond acceptors (Lipinski definition) is 6. The number of hydrogen-bond donors (Lipinski definition) is 1. The van der Waals surface area contributed by atoms with Crippen LogP contribution in [0.4, 0.5) is 0 Å². The first-order valence-electron chi connectivity index (χ1n) is 11.7. The van der Waals surface area contributed by atoms with E-state index in [0.29, 0.717) is 18.7 Å². The molecule has 0 unspecified atom stereocenters. The van der Waals surface area contributed by atoms with Gasteiger partial charge in [-0.3, -0.25) is 15.0 Å². The fraction of sp³-hybridized carbons (Fsp3) is 0.280. The van der Waals surface area contributed by atoms with Gasteiger partial charge >= 0.3 is 0 Å². The van der Waals surface area contributed by atoms with Gasteiger partial charge in [0.2, 0.25) is 10.0 Å². The van der Waals surface area contributed by atoms with Crippen LogP contribution in [-0.2, 0) is 10.0 Å². The van der Waals surface area contributed by atoms with E-state index in [4.69, 9.17) is 0 Å². The van der Waals surface area contributed by atoms with Crippen molar-refractivity contribution >= 4 is 27.0 Å². The van der Waals surface area contributed by atoms with Crippen LogP contribution in [0.1, 0.15) is 40.7 Å². The van der Waals surface area contributed by atoms with Crippen molar-refractivity contribution in [1.29, 1.82) is 0 Å². The molecule has 0 spiro atoms. The van der Waals surface area contributed by atoms with Gasteiger partial charge in [0, 0.05) is 18.7 Å². The molecule has 0 saturated carbocycles. The molecule has 1 amide bonds. The van der Waals surface area contributed by atoms with Gasteiger partial charge in [0.15, 0.2) is 5.65 Å². The summed E-state index contributed by atoms with van der Waals surface area (Å²) >= 11 is 0. The number of carbonyl (C=O) groups excluding carboxylic acids is 1. The highest BCUT2D eigenvalue weighted by Crippen LogP contribution is 2.21. The number of nitrogens with zero attached hydrogens (tertiary/aromatic N) is 5. The summed E-state index contributed by atoms with van der Waals surface area (Å²) in [5.41, 5.74) is 5.63. The molecule has 2 aromatic heterocycles. The summed E-state index contributed by atoms with van der Waals surface area (Å²) in [6.07, 6.45) is 5.37. The zero-order chi connectivity index (χ0) is 25.4. The summed E-state index contributed by atoms with van der Waals surface area (Å²) in [5, 5.41) is 4.56. The third-order valence-electron chi connectivity index (χ3n) is 6.51. The molecule has 11 heteroatoms. The van der Waals surface area contributed by atoms with Crippen molar-refractivity contribution in [2.24, 2.45) is 0 Å². The average molecular weight is 507 g/mol. The number of nitrogens with one attached hydrogen (secondary N) is 1. The van der Waals surface area contributed by atoms with E-state index in [1.807, 2.05) is 32.0 Å². The minimum absolute atomic E-state index is 0.139. The minimum Gasteiger partial charge on any atom is -0.267 e. The highest BCUT2D eigenvalue weighted by Gasteiger charge is 2.26. The van der Waals surface area contributed by atoms with Gasteiger partial charge in [-0.15, -0.1) is 0 Å². The zero-order valence-corrected chi connectivity index (χ0v) is 20.8. The first-order valence-corrected chi connectivity index (χ1v) is 13.1. The van der Waals surface area contributed by atoms with Crippen molar-refractivity contribution in [2.45, 2.75) is 38.0 Å². The second kappa shape index (κ2) is 9.32. The van der Waals surface area contributed by atoms with Crippen molar-refractivity contribution < 1.29 is 13.2 Å². The Kier molecular flexibility index (Phi) is 6.19. The molecule has 10 nitrogen and oxygen atoms in total. The maximum atomic E-state index is 13.0. The summed E-state index contributed by atoms with van der Waals surface area (Å²) in [4.78, 5) is 30.3. The molecular weight excluding hydrogens is 480 g/mol. The van der Waals surface area contributed by atoms with Gasteiger partial charge in [-0.25, -0.2) is 22.8 Å². The third kappa shape index (κ3) is 4.31. The summed E-state index contributed by atoms with van der Waals surface area (Å²) in [7, 11) is -3.59. The van der Waals surface area contributed by atoms with Gasteiger partial charge in [-0.1, -0.05) is 12.5 Å². The number of rotatable bonds is 5. The molecule has 1 aliphatic rings. The summed E-state index contributed by atoms with van der Waals surface area (Å²) in [5.74, 6) is -0.568. The SMILES string of the molecule is Cc1ccc(-n2ncc3c(=O)n(NC(=O)c4ccc(S(=O)(=O)N5CCCCC5)cc4)cnc32)cc1C. The van der Waals surface area contributed by atoms with Crippen LogP contribution in [0.25, 0.3) is 16.7 Å². The molecule has 186 valence electrons. The van der Waals surface area contributed by atoms with Gasteiger partial charge in [-0.2, -0.15) is 9.40 Å². The number of carbonyl (C=O) groups is 1. The standard InChI is InChI=1S/C25H26N6O4S/c1-17-6-9-20(14-18(17)2)31-23-22(15-27-31)25(33)30(16-26-23)28-24(32)19-7-10-21(11-8-19)36(34,35)29-12-4-3-5-13-29/h6-11,14-16H,3-5,12-13H2,1-2H3,(H,28,32). The summed E-state index contributed by atoms with van der Waals surface area (Å²) < 4.78 is 29.7. The van der Waals surface area contributed by atoms with Crippen LogP contribution >= 0.6 is 0 Å². The Bertz CT molecular complexity index is 1620. The Hall–Kier alpha value is -3.83. The third-order valence-corrected chi connectivity index (χ3v) is 8.43. The van der Waals surface area contributed by atoms with Crippen molar-refractivity contribution in [3.63, 3.8) is 0 Å². The normalized spacial score (nSPS) is 14.7. The van der Waals surface area contributed by atoms with Crippen LogP contribution < -0.4 is 11.0 Å². The van der Waals surface area contributed by atoms with Crippen LogP contribution in [0.15, 0.2) is 64.7 Å².